The first-order valence-corrected chi connectivity index (χ1v) is 16.8. The van der Waals surface area contributed by atoms with Gasteiger partial charge in [-0.15, -0.1) is 0 Å². The summed E-state index contributed by atoms with van der Waals surface area (Å²) in [5.41, 5.74) is 1.64. The summed E-state index contributed by atoms with van der Waals surface area (Å²) < 4.78 is 0.674. The van der Waals surface area contributed by atoms with E-state index in [2.05, 4.69) is 36.9 Å². The molecule has 1 aromatic heterocycles. The van der Waals surface area contributed by atoms with Gasteiger partial charge in [-0.2, -0.15) is 11.8 Å². The van der Waals surface area contributed by atoms with Crippen LogP contribution in [0.25, 0.3) is 10.9 Å². The monoisotopic (exact) mass is 665 g/mol. The number of carbonyl (C=O) groups excluding carboxylic acids is 3. The molecule has 5 N–H and O–H groups in total. The van der Waals surface area contributed by atoms with E-state index in [1.807, 2.05) is 58.2 Å². The van der Waals surface area contributed by atoms with Crippen LogP contribution in [0.2, 0.25) is 0 Å². The molecule has 4 amide bonds. The number of halogens is 1. The minimum atomic E-state index is -1.13. The van der Waals surface area contributed by atoms with Gasteiger partial charge in [0, 0.05) is 29.4 Å². The van der Waals surface area contributed by atoms with Gasteiger partial charge >= 0.3 is 12.0 Å². The number of nitrogens with zero attached hydrogens (tertiary/aromatic N) is 1. The highest BCUT2D eigenvalue weighted by Crippen LogP contribution is 2.28. The van der Waals surface area contributed by atoms with Gasteiger partial charge in [0.25, 0.3) is 0 Å². The molecular weight excluding hydrogens is 622 g/mol. The van der Waals surface area contributed by atoms with Gasteiger partial charge in [0.1, 0.15) is 18.1 Å². The van der Waals surface area contributed by atoms with Crippen LogP contribution in [0.1, 0.15) is 65.4 Å². The van der Waals surface area contributed by atoms with Crippen molar-refractivity contribution in [1.82, 2.24) is 25.8 Å². The topological polar surface area (TPSA) is 144 Å². The van der Waals surface area contributed by atoms with Crippen LogP contribution >= 0.6 is 27.7 Å². The van der Waals surface area contributed by atoms with Crippen LogP contribution in [-0.4, -0.2) is 81.0 Å². The third kappa shape index (κ3) is 8.89. The molecule has 0 saturated carbocycles. The van der Waals surface area contributed by atoms with Gasteiger partial charge in [-0.3, -0.25) is 9.59 Å². The number of amides is 4. The number of H-pyrrole nitrogens is 1. The quantitative estimate of drug-likeness (QED) is 0.210. The number of aromatic nitrogens is 1. The highest BCUT2D eigenvalue weighted by Gasteiger charge is 2.34. The van der Waals surface area contributed by atoms with Crippen LogP contribution in [0.15, 0.2) is 28.9 Å². The van der Waals surface area contributed by atoms with Crippen LogP contribution in [-0.2, 0) is 20.8 Å². The van der Waals surface area contributed by atoms with E-state index in [1.165, 1.54) is 11.8 Å². The first-order valence-electron chi connectivity index (χ1n) is 14.6. The number of thioether (sulfide) groups is 1. The molecule has 232 valence electrons. The Kier molecular flexibility index (Phi) is 12.6. The lowest BCUT2D eigenvalue weighted by molar-refractivity contribution is -0.142. The van der Waals surface area contributed by atoms with Gasteiger partial charge in [0.2, 0.25) is 11.8 Å². The number of hydrogen-bond acceptors (Lipinski definition) is 5. The molecule has 1 saturated heterocycles. The minimum absolute atomic E-state index is 0.0588. The number of nitrogens with one attached hydrogen (secondary N) is 4. The normalized spacial score (nSPS) is 19.3. The van der Waals surface area contributed by atoms with Crippen molar-refractivity contribution in [2.75, 3.05) is 12.0 Å². The maximum Gasteiger partial charge on any atom is 0.326 e. The van der Waals surface area contributed by atoms with E-state index in [0.29, 0.717) is 16.8 Å². The first-order chi connectivity index (χ1) is 19.9. The number of aliphatic carboxylic acids is 1. The van der Waals surface area contributed by atoms with Crippen molar-refractivity contribution < 1.29 is 24.3 Å². The summed E-state index contributed by atoms with van der Waals surface area (Å²) in [5, 5.41) is 19.1. The maximum atomic E-state index is 13.8. The molecule has 2 aromatic rings. The summed E-state index contributed by atoms with van der Waals surface area (Å²) in [7, 11) is 0. The highest BCUT2D eigenvalue weighted by molar-refractivity contribution is 9.10. The number of piperidine rings is 1. The molecular formula is C30H44BrN5O5S. The number of para-hydroxylation sites is 1. The average molecular weight is 667 g/mol. The SMILES string of the molecule is CSCCC(NC(=O)[C@@H](Cc1c(Br)[nH]c2ccccc12)NC(=O)C(CC(C)C)NC(=O)N1[C@H](C)CCC[C@@H]1C)C(=O)O. The summed E-state index contributed by atoms with van der Waals surface area (Å²) >= 11 is 5.04. The zero-order valence-corrected chi connectivity index (χ0v) is 27.4. The van der Waals surface area contributed by atoms with Crippen molar-refractivity contribution in [2.45, 2.75) is 96.4 Å². The molecule has 1 aliphatic rings. The van der Waals surface area contributed by atoms with Gasteiger partial charge in [0.05, 0.1) is 4.60 Å². The Hall–Kier alpha value is -2.73. The zero-order valence-electron chi connectivity index (χ0n) is 25.0. The summed E-state index contributed by atoms with van der Waals surface area (Å²) in [4.78, 5) is 57.7. The number of benzene rings is 1. The number of rotatable bonds is 13. The number of carbonyl (C=O) groups is 4. The second-order valence-electron chi connectivity index (χ2n) is 11.6. The second-order valence-corrected chi connectivity index (χ2v) is 13.4. The maximum absolute atomic E-state index is 13.8. The van der Waals surface area contributed by atoms with E-state index in [-0.39, 0.29) is 36.9 Å². The van der Waals surface area contributed by atoms with Crippen LogP contribution in [0.3, 0.4) is 0 Å². The smallest absolute Gasteiger partial charge is 0.326 e. The fraction of sp³-hybridized carbons (Fsp3) is 0.600. The van der Waals surface area contributed by atoms with Gasteiger partial charge in [0.15, 0.2) is 0 Å². The Morgan fingerprint density at radius 1 is 1.02 bits per heavy atom. The van der Waals surface area contributed by atoms with Crippen molar-refractivity contribution in [1.29, 1.82) is 0 Å². The van der Waals surface area contributed by atoms with Crippen molar-refractivity contribution in [2.24, 2.45) is 5.92 Å². The van der Waals surface area contributed by atoms with Crippen molar-refractivity contribution in [3.63, 3.8) is 0 Å². The predicted molar refractivity (Wildman–Crippen MR) is 171 cm³/mol. The molecule has 3 rings (SSSR count). The van der Waals surface area contributed by atoms with E-state index >= 15 is 0 Å². The standard InChI is InChI=1S/C30H44BrN5O5S/c1-17(2)15-24(35-30(41)36-18(3)9-8-10-19(36)4)27(37)34-25(28(38)33-23(29(39)40)13-14-42-5)16-21-20-11-6-7-12-22(20)32-26(21)31/h6-7,11-12,17-19,23-25,32H,8-10,13-16H2,1-5H3,(H,33,38)(H,34,37)(H,35,41)(H,39,40)/t18-,19+,23?,24?,25-/m1/s1. The molecule has 10 nitrogen and oxygen atoms in total. The molecule has 1 fully saturated rings. The van der Waals surface area contributed by atoms with Crippen molar-refractivity contribution >= 4 is 62.4 Å². The Morgan fingerprint density at radius 2 is 1.64 bits per heavy atom. The van der Waals surface area contributed by atoms with Gasteiger partial charge in [-0.1, -0.05) is 32.0 Å². The fourth-order valence-corrected chi connectivity index (χ4v) is 6.63. The number of carboxylic acid groups (broad SMARTS) is 1. The number of urea groups is 1. The van der Waals surface area contributed by atoms with Gasteiger partial charge in [-0.05, 0) is 91.4 Å². The lowest BCUT2D eigenvalue weighted by atomic mass is 9.97. The molecule has 1 aromatic carbocycles. The van der Waals surface area contributed by atoms with E-state index in [4.69, 9.17) is 0 Å². The summed E-state index contributed by atoms with van der Waals surface area (Å²) in [6, 6.07) is 4.40. The number of fused-ring (bicyclic) bond motifs is 1. The summed E-state index contributed by atoms with van der Waals surface area (Å²) in [6.45, 7) is 7.97. The highest BCUT2D eigenvalue weighted by atomic mass is 79.9. The Bertz CT molecular complexity index is 1240. The zero-order chi connectivity index (χ0) is 31.0. The van der Waals surface area contributed by atoms with Crippen molar-refractivity contribution in [3.05, 3.63) is 34.4 Å². The van der Waals surface area contributed by atoms with E-state index < -0.39 is 35.9 Å². The largest absolute Gasteiger partial charge is 0.480 e. The molecule has 2 unspecified atom stereocenters. The Labute approximate surface area is 260 Å². The molecule has 42 heavy (non-hydrogen) atoms. The van der Waals surface area contributed by atoms with Crippen LogP contribution in [0.4, 0.5) is 4.79 Å². The number of hydrogen-bond donors (Lipinski definition) is 5. The van der Waals surface area contributed by atoms with E-state index in [9.17, 15) is 24.3 Å². The van der Waals surface area contributed by atoms with Crippen LogP contribution in [0, 0.1) is 5.92 Å². The minimum Gasteiger partial charge on any atom is -0.480 e. The molecule has 5 atom stereocenters. The van der Waals surface area contributed by atoms with Gasteiger partial charge in [-0.25, -0.2) is 9.59 Å². The van der Waals surface area contributed by atoms with Crippen LogP contribution in [0.5, 0.6) is 0 Å². The number of carboxylic acids is 1. The third-order valence-corrected chi connectivity index (χ3v) is 9.10. The lowest BCUT2D eigenvalue weighted by Gasteiger charge is -2.39. The first kappa shape index (κ1) is 33.8. The molecule has 0 radical (unpaired) electrons. The molecule has 2 heterocycles. The lowest BCUT2D eigenvalue weighted by Crippen LogP contribution is -2.59. The van der Waals surface area contributed by atoms with Crippen LogP contribution < -0.4 is 16.0 Å². The van der Waals surface area contributed by atoms with Crippen molar-refractivity contribution in [3.8, 4) is 0 Å². The molecule has 0 bridgehead atoms. The number of aromatic amines is 1. The number of likely N-dealkylation sites (tertiary alicyclic amines) is 1. The molecule has 12 heteroatoms. The summed E-state index contributed by atoms with van der Waals surface area (Å²) in [6.07, 6.45) is 5.47. The van der Waals surface area contributed by atoms with Gasteiger partial charge < -0.3 is 30.9 Å². The Morgan fingerprint density at radius 3 is 2.26 bits per heavy atom. The summed E-state index contributed by atoms with van der Waals surface area (Å²) in [5.74, 6) is -1.57. The molecule has 1 aliphatic heterocycles. The Balaban J connectivity index is 1.88. The average Bonchev–Trinajstić information content (AvgIpc) is 3.24. The van der Waals surface area contributed by atoms with E-state index in [1.54, 1.807) is 4.90 Å². The van der Waals surface area contributed by atoms with E-state index in [0.717, 1.165) is 35.7 Å². The third-order valence-electron chi connectivity index (χ3n) is 7.78. The predicted octanol–water partition coefficient (Wildman–Crippen LogP) is 4.67. The fourth-order valence-electron chi connectivity index (χ4n) is 5.57. The molecule has 0 aliphatic carbocycles. The second kappa shape index (κ2) is 15.7. The molecule has 0 spiro atoms.